The number of rotatable bonds is 6. The molecular weight excluding hydrogens is 270 g/mol. The summed E-state index contributed by atoms with van der Waals surface area (Å²) in [6.45, 7) is 2.05. The summed E-state index contributed by atoms with van der Waals surface area (Å²) >= 11 is 0. The van der Waals surface area contributed by atoms with Crippen LogP contribution in [0.25, 0.3) is 0 Å². The minimum atomic E-state index is -0.206. The Labute approximate surface area is 124 Å². The Hall–Kier alpha value is -1.73. The summed E-state index contributed by atoms with van der Waals surface area (Å²) in [6.07, 6.45) is 5.38. The fraction of sp³-hybridized carbons (Fsp3) is 0.643. The summed E-state index contributed by atoms with van der Waals surface area (Å²) in [5, 5.41) is 3.05. The molecule has 7 heteroatoms. The second kappa shape index (κ2) is 7.90. The van der Waals surface area contributed by atoms with Crippen LogP contribution < -0.4 is 16.0 Å². The maximum atomic E-state index is 11.9. The van der Waals surface area contributed by atoms with Gasteiger partial charge in [-0.1, -0.05) is 0 Å². The lowest BCUT2D eigenvalue weighted by molar-refractivity contribution is -0.124. The number of piperidine rings is 1. The zero-order valence-corrected chi connectivity index (χ0v) is 12.4. The van der Waals surface area contributed by atoms with Crippen LogP contribution in [-0.4, -0.2) is 54.8 Å². The molecule has 1 atom stereocenters. The van der Waals surface area contributed by atoms with Gasteiger partial charge in [-0.2, -0.15) is 0 Å². The largest absolute Gasteiger partial charge is 0.380 e. The molecule has 116 valence electrons. The summed E-state index contributed by atoms with van der Waals surface area (Å²) in [6, 6.07) is 2.01. The normalized spacial score (nSPS) is 17.5. The smallest absolute Gasteiger partial charge is 0.225 e. The fourth-order valence-electron chi connectivity index (χ4n) is 2.43. The zero-order valence-electron chi connectivity index (χ0n) is 12.4. The van der Waals surface area contributed by atoms with E-state index in [0.717, 1.165) is 31.9 Å². The number of aromatic nitrogens is 2. The van der Waals surface area contributed by atoms with Gasteiger partial charge in [-0.15, -0.1) is 0 Å². The van der Waals surface area contributed by atoms with E-state index in [1.807, 2.05) is 0 Å². The lowest BCUT2D eigenvalue weighted by Gasteiger charge is -2.32. The molecule has 2 rings (SSSR count). The van der Waals surface area contributed by atoms with Crippen LogP contribution in [0.2, 0.25) is 0 Å². The highest BCUT2D eigenvalue weighted by Gasteiger charge is 2.22. The Morgan fingerprint density at radius 1 is 1.48 bits per heavy atom. The van der Waals surface area contributed by atoms with Crippen molar-refractivity contribution in [3.05, 3.63) is 18.5 Å². The minimum Gasteiger partial charge on any atom is -0.380 e. The summed E-state index contributed by atoms with van der Waals surface area (Å²) in [5.41, 5.74) is 5.52. The molecule has 1 aliphatic rings. The van der Waals surface area contributed by atoms with Crippen LogP contribution in [-0.2, 0) is 9.53 Å². The number of nitrogens with zero attached hydrogens (tertiary/aromatic N) is 3. The van der Waals surface area contributed by atoms with Gasteiger partial charge in [0.25, 0.3) is 0 Å². The number of carbonyl (C=O) groups excluding carboxylic acids is 1. The lowest BCUT2D eigenvalue weighted by atomic mass is 10.0. The molecule has 1 fully saturated rings. The molecule has 21 heavy (non-hydrogen) atoms. The molecule has 2 heterocycles. The Morgan fingerprint density at radius 2 is 2.14 bits per heavy atom. The molecule has 1 aromatic heterocycles. The van der Waals surface area contributed by atoms with Crippen molar-refractivity contribution in [1.29, 1.82) is 0 Å². The van der Waals surface area contributed by atoms with Gasteiger partial charge < -0.3 is 20.7 Å². The molecule has 0 aromatic carbocycles. The zero-order chi connectivity index (χ0) is 15.1. The van der Waals surface area contributed by atoms with E-state index in [9.17, 15) is 4.79 Å². The van der Waals surface area contributed by atoms with E-state index in [0.29, 0.717) is 13.0 Å². The molecule has 1 unspecified atom stereocenters. The number of ether oxygens (including phenoxy) is 1. The molecule has 0 bridgehead atoms. The highest BCUT2D eigenvalue weighted by molar-refractivity contribution is 5.76. The van der Waals surface area contributed by atoms with Crippen molar-refractivity contribution in [3.63, 3.8) is 0 Å². The van der Waals surface area contributed by atoms with Crippen LogP contribution in [0.4, 0.5) is 5.95 Å². The van der Waals surface area contributed by atoms with E-state index >= 15 is 0 Å². The van der Waals surface area contributed by atoms with Gasteiger partial charge in [0.15, 0.2) is 0 Å². The van der Waals surface area contributed by atoms with Crippen molar-refractivity contribution < 1.29 is 9.53 Å². The monoisotopic (exact) mass is 293 g/mol. The van der Waals surface area contributed by atoms with Crippen molar-refractivity contribution in [2.24, 2.45) is 5.73 Å². The number of nitrogens with one attached hydrogen (secondary N) is 1. The summed E-state index contributed by atoms with van der Waals surface area (Å²) in [5.74, 6) is 0.756. The van der Waals surface area contributed by atoms with Gasteiger partial charge in [0.1, 0.15) is 0 Å². The molecule has 3 N–H and O–H groups in total. The van der Waals surface area contributed by atoms with Crippen LogP contribution >= 0.6 is 0 Å². The van der Waals surface area contributed by atoms with E-state index in [4.69, 9.17) is 10.5 Å². The van der Waals surface area contributed by atoms with E-state index < -0.39 is 0 Å². The van der Waals surface area contributed by atoms with Crippen molar-refractivity contribution in [3.8, 4) is 0 Å². The highest BCUT2D eigenvalue weighted by atomic mass is 16.5. The first-order valence-corrected chi connectivity index (χ1v) is 7.27. The number of methoxy groups -OCH3 is 1. The first-order chi connectivity index (χ1) is 10.2. The third kappa shape index (κ3) is 4.64. The van der Waals surface area contributed by atoms with Gasteiger partial charge in [0, 0.05) is 45.2 Å². The van der Waals surface area contributed by atoms with Crippen LogP contribution in [0.15, 0.2) is 18.5 Å². The second-order valence-corrected chi connectivity index (χ2v) is 5.18. The third-order valence-electron chi connectivity index (χ3n) is 3.70. The van der Waals surface area contributed by atoms with E-state index in [1.165, 1.54) is 0 Å². The van der Waals surface area contributed by atoms with Crippen LogP contribution in [0.1, 0.15) is 19.3 Å². The number of hydrogen-bond donors (Lipinski definition) is 2. The molecule has 1 aliphatic heterocycles. The van der Waals surface area contributed by atoms with Gasteiger partial charge in [0.05, 0.1) is 12.5 Å². The topological polar surface area (TPSA) is 93.4 Å². The first kappa shape index (κ1) is 15.7. The average Bonchev–Trinajstić information content (AvgIpc) is 2.54. The molecule has 0 spiro atoms. The van der Waals surface area contributed by atoms with E-state index in [1.54, 1.807) is 25.6 Å². The van der Waals surface area contributed by atoms with E-state index in [2.05, 4.69) is 20.2 Å². The molecule has 0 radical (unpaired) electrons. The molecule has 0 saturated carbocycles. The molecular formula is C14H23N5O2. The maximum absolute atomic E-state index is 11.9. The quantitative estimate of drug-likeness (QED) is 0.762. The van der Waals surface area contributed by atoms with Crippen molar-refractivity contribution >= 4 is 11.9 Å². The van der Waals surface area contributed by atoms with Gasteiger partial charge in [-0.05, 0) is 18.9 Å². The maximum Gasteiger partial charge on any atom is 0.225 e. The Bertz CT molecular complexity index is 430. The van der Waals surface area contributed by atoms with E-state index in [-0.39, 0.29) is 18.1 Å². The highest BCUT2D eigenvalue weighted by Crippen LogP contribution is 2.15. The van der Waals surface area contributed by atoms with Crippen molar-refractivity contribution in [1.82, 2.24) is 15.3 Å². The van der Waals surface area contributed by atoms with Gasteiger partial charge in [-0.3, -0.25) is 4.79 Å². The third-order valence-corrected chi connectivity index (χ3v) is 3.70. The number of anilines is 1. The first-order valence-electron chi connectivity index (χ1n) is 7.27. The van der Waals surface area contributed by atoms with Crippen LogP contribution in [0, 0.1) is 0 Å². The standard InChI is InChI=1S/C14H23N5O2/c1-21-12(10-15)9-13(20)18-11-3-7-19(8-4-11)14-16-5-2-6-17-14/h2,5-6,11-12H,3-4,7-10,15H2,1H3,(H,18,20). The minimum absolute atomic E-state index is 0.00158. The Morgan fingerprint density at radius 3 is 2.71 bits per heavy atom. The predicted octanol–water partition coefficient (Wildman–Crippen LogP) is -0.0746. The molecule has 1 saturated heterocycles. The van der Waals surface area contributed by atoms with Gasteiger partial charge >= 0.3 is 0 Å². The number of nitrogens with two attached hydrogens (primary N) is 1. The average molecular weight is 293 g/mol. The molecule has 1 amide bonds. The molecule has 1 aromatic rings. The number of amides is 1. The van der Waals surface area contributed by atoms with Crippen LogP contribution in [0.5, 0.6) is 0 Å². The van der Waals surface area contributed by atoms with Gasteiger partial charge in [-0.25, -0.2) is 9.97 Å². The summed E-state index contributed by atoms with van der Waals surface area (Å²) in [7, 11) is 1.57. The van der Waals surface area contributed by atoms with Crippen LogP contribution in [0.3, 0.4) is 0 Å². The second-order valence-electron chi connectivity index (χ2n) is 5.18. The van der Waals surface area contributed by atoms with Crippen molar-refractivity contribution in [2.75, 3.05) is 31.6 Å². The Kier molecular flexibility index (Phi) is 5.89. The predicted molar refractivity (Wildman–Crippen MR) is 79.9 cm³/mol. The Balaban J connectivity index is 1.75. The lowest BCUT2D eigenvalue weighted by Crippen LogP contribution is -2.46. The van der Waals surface area contributed by atoms with Crippen molar-refractivity contribution in [2.45, 2.75) is 31.4 Å². The van der Waals surface area contributed by atoms with Gasteiger partial charge in [0.2, 0.25) is 11.9 Å². The molecule has 7 nitrogen and oxygen atoms in total. The summed E-state index contributed by atoms with van der Waals surface area (Å²) < 4.78 is 5.12. The SMILES string of the molecule is COC(CN)CC(=O)NC1CCN(c2ncccn2)CC1. The number of carbonyl (C=O) groups is 1. The number of hydrogen-bond acceptors (Lipinski definition) is 6. The fourth-order valence-corrected chi connectivity index (χ4v) is 2.43. The summed E-state index contributed by atoms with van der Waals surface area (Å²) in [4.78, 5) is 22.5. The molecule has 0 aliphatic carbocycles.